The van der Waals surface area contributed by atoms with E-state index in [1.54, 1.807) is 24.3 Å². The lowest BCUT2D eigenvalue weighted by Gasteiger charge is -2.09. The third-order valence-corrected chi connectivity index (χ3v) is 3.03. The Morgan fingerprint density at radius 1 is 1.09 bits per heavy atom. The number of hydrogen-bond acceptors (Lipinski definition) is 3. The van der Waals surface area contributed by atoms with E-state index in [1.807, 2.05) is 0 Å². The molecule has 0 bridgehead atoms. The SMILES string of the molecule is NC(=O)COc1cccc(NC(=O)c2cc(Cl)cc(Cl)c2)c1. The van der Waals surface area contributed by atoms with Crippen LogP contribution < -0.4 is 15.8 Å². The van der Waals surface area contributed by atoms with E-state index in [4.69, 9.17) is 33.7 Å². The van der Waals surface area contributed by atoms with Gasteiger partial charge >= 0.3 is 0 Å². The Kier molecular flexibility index (Phi) is 5.25. The van der Waals surface area contributed by atoms with Crippen LogP contribution in [0.1, 0.15) is 10.4 Å². The maximum absolute atomic E-state index is 12.2. The minimum Gasteiger partial charge on any atom is -0.484 e. The van der Waals surface area contributed by atoms with Crippen molar-refractivity contribution in [1.29, 1.82) is 0 Å². The van der Waals surface area contributed by atoms with Crippen molar-refractivity contribution in [1.82, 2.24) is 0 Å². The summed E-state index contributed by atoms with van der Waals surface area (Å²) in [7, 11) is 0. The van der Waals surface area contributed by atoms with Crippen LogP contribution >= 0.6 is 23.2 Å². The van der Waals surface area contributed by atoms with Gasteiger partial charge in [-0.05, 0) is 30.3 Å². The molecule has 3 N–H and O–H groups in total. The second-order valence-corrected chi connectivity index (χ2v) is 5.27. The zero-order valence-electron chi connectivity index (χ0n) is 11.3. The molecule has 0 fully saturated rings. The van der Waals surface area contributed by atoms with Crippen molar-refractivity contribution < 1.29 is 14.3 Å². The summed E-state index contributed by atoms with van der Waals surface area (Å²) in [4.78, 5) is 22.8. The number of carbonyl (C=O) groups is 2. The van der Waals surface area contributed by atoms with Gasteiger partial charge in [-0.2, -0.15) is 0 Å². The lowest BCUT2D eigenvalue weighted by Crippen LogP contribution is -2.20. The lowest BCUT2D eigenvalue weighted by molar-refractivity contribution is -0.119. The first-order valence-electron chi connectivity index (χ1n) is 6.22. The Hall–Kier alpha value is -2.24. The Bertz CT molecular complexity index is 699. The van der Waals surface area contributed by atoms with Gasteiger partial charge in [0.2, 0.25) is 0 Å². The fourth-order valence-electron chi connectivity index (χ4n) is 1.71. The Morgan fingerprint density at radius 3 is 2.41 bits per heavy atom. The van der Waals surface area contributed by atoms with Gasteiger partial charge in [0, 0.05) is 27.4 Å². The van der Waals surface area contributed by atoms with E-state index >= 15 is 0 Å². The fourth-order valence-corrected chi connectivity index (χ4v) is 2.23. The molecule has 0 aliphatic heterocycles. The molecule has 0 saturated heterocycles. The molecule has 0 heterocycles. The first-order chi connectivity index (χ1) is 10.4. The maximum atomic E-state index is 12.2. The number of nitrogens with one attached hydrogen (secondary N) is 1. The molecule has 2 aromatic carbocycles. The van der Waals surface area contributed by atoms with E-state index in [9.17, 15) is 9.59 Å². The number of halogens is 2. The van der Waals surface area contributed by atoms with Gasteiger partial charge in [0.15, 0.2) is 6.61 Å². The van der Waals surface area contributed by atoms with E-state index in [0.29, 0.717) is 27.0 Å². The largest absolute Gasteiger partial charge is 0.484 e. The van der Waals surface area contributed by atoms with Gasteiger partial charge in [-0.15, -0.1) is 0 Å². The summed E-state index contributed by atoms with van der Waals surface area (Å²) in [5, 5.41) is 3.43. The number of hydrogen-bond donors (Lipinski definition) is 2. The maximum Gasteiger partial charge on any atom is 0.255 e. The van der Waals surface area contributed by atoms with E-state index in [0.717, 1.165) is 0 Å². The summed E-state index contributed by atoms with van der Waals surface area (Å²) in [6, 6.07) is 11.1. The van der Waals surface area contributed by atoms with Crippen LogP contribution in [-0.4, -0.2) is 18.4 Å². The topological polar surface area (TPSA) is 81.4 Å². The molecule has 0 saturated carbocycles. The predicted molar refractivity (Wildman–Crippen MR) is 85.5 cm³/mol. The highest BCUT2D eigenvalue weighted by atomic mass is 35.5. The van der Waals surface area contributed by atoms with Crippen molar-refractivity contribution in [3.63, 3.8) is 0 Å². The molecule has 2 rings (SSSR count). The molecule has 0 aromatic heterocycles. The molecular formula is C15H12Cl2N2O3. The second-order valence-electron chi connectivity index (χ2n) is 4.40. The fraction of sp³-hybridized carbons (Fsp3) is 0.0667. The summed E-state index contributed by atoms with van der Waals surface area (Å²) in [5.74, 6) is -0.528. The van der Waals surface area contributed by atoms with Crippen LogP contribution in [0.3, 0.4) is 0 Å². The summed E-state index contributed by atoms with van der Waals surface area (Å²) >= 11 is 11.7. The molecule has 0 spiro atoms. The number of anilines is 1. The molecular weight excluding hydrogens is 327 g/mol. The van der Waals surface area contributed by atoms with Gasteiger partial charge in [0.1, 0.15) is 5.75 Å². The first-order valence-corrected chi connectivity index (χ1v) is 6.98. The van der Waals surface area contributed by atoms with Gasteiger partial charge in [0.25, 0.3) is 11.8 Å². The first kappa shape index (κ1) is 16.1. The highest BCUT2D eigenvalue weighted by molar-refractivity contribution is 6.35. The van der Waals surface area contributed by atoms with Crippen LogP contribution in [0.5, 0.6) is 5.75 Å². The van der Waals surface area contributed by atoms with Crippen molar-refractivity contribution >= 4 is 40.7 Å². The van der Waals surface area contributed by atoms with E-state index < -0.39 is 5.91 Å². The van der Waals surface area contributed by atoms with Crippen LogP contribution in [0.4, 0.5) is 5.69 Å². The van der Waals surface area contributed by atoms with Gasteiger partial charge in [-0.25, -0.2) is 0 Å². The molecule has 0 unspecified atom stereocenters. The number of nitrogens with two attached hydrogens (primary N) is 1. The van der Waals surface area contributed by atoms with Gasteiger partial charge in [-0.3, -0.25) is 9.59 Å². The minimum atomic E-state index is -0.581. The van der Waals surface area contributed by atoms with Crippen molar-refractivity contribution in [3.05, 3.63) is 58.1 Å². The van der Waals surface area contributed by atoms with Crippen molar-refractivity contribution in [2.24, 2.45) is 5.73 Å². The molecule has 0 atom stereocenters. The Labute approximate surface area is 137 Å². The van der Waals surface area contributed by atoms with Gasteiger partial charge < -0.3 is 15.8 Å². The van der Waals surface area contributed by atoms with E-state index in [2.05, 4.69) is 5.32 Å². The number of benzene rings is 2. The lowest BCUT2D eigenvalue weighted by atomic mass is 10.2. The average molecular weight is 339 g/mol. The summed E-state index contributed by atoms with van der Waals surface area (Å²) in [6.07, 6.45) is 0. The molecule has 7 heteroatoms. The molecule has 0 aliphatic carbocycles. The minimum absolute atomic E-state index is 0.235. The van der Waals surface area contributed by atoms with Crippen LogP contribution in [0.25, 0.3) is 0 Å². The third kappa shape index (κ3) is 4.65. The molecule has 2 aromatic rings. The summed E-state index contributed by atoms with van der Waals surface area (Å²) < 4.78 is 5.17. The van der Waals surface area contributed by atoms with Crippen LogP contribution in [0.2, 0.25) is 10.0 Å². The van der Waals surface area contributed by atoms with Crippen molar-refractivity contribution in [3.8, 4) is 5.75 Å². The predicted octanol–water partition coefficient (Wildman–Crippen LogP) is 3.11. The molecule has 0 radical (unpaired) electrons. The number of primary amides is 1. The van der Waals surface area contributed by atoms with E-state index in [1.165, 1.54) is 18.2 Å². The summed E-state index contributed by atoms with van der Waals surface area (Å²) in [5.41, 5.74) is 5.84. The number of ether oxygens (including phenoxy) is 1. The number of carbonyl (C=O) groups excluding carboxylic acids is 2. The average Bonchev–Trinajstić information content (AvgIpc) is 2.44. The monoisotopic (exact) mass is 338 g/mol. The second kappa shape index (κ2) is 7.15. The van der Waals surface area contributed by atoms with Gasteiger partial charge in [0.05, 0.1) is 0 Å². The standard InChI is InChI=1S/C15H12Cl2N2O3/c16-10-4-9(5-11(17)6-10)15(21)19-12-2-1-3-13(7-12)22-8-14(18)20/h1-7H,8H2,(H2,18,20)(H,19,21). The van der Waals surface area contributed by atoms with Gasteiger partial charge in [-0.1, -0.05) is 29.3 Å². The van der Waals surface area contributed by atoms with E-state index in [-0.39, 0.29) is 12.5 Å². The van der Waals surface area contributed by atoms with Crippen LogP contribution in [0, 0.1) is 0 Å². The highest BCUT2D eigenvalue weighted by Crippen LogP contribution is 2.21. The Morgan fingerprint density at radius 2 is 1.77 bits per heavy atom. The molecule has 5 nitrogen and oxygen atoms in total. The quantitative estimate of drug-likeness (QED) is 0.878. The molecule has 114 valence electrons. The van der Waals surface area contributed by atoms with Crippen molar-refractivity contribution in [2.75, 3.05) is 11.9 Å². The number of amides is 2. The zero-order chi connectivity index (χ0) is 16.1. The molecule has 22 heavy (non-hydrogen) atoms. The van der Waals surface area contributed by atoms with Crippen molar-refractivity contribution in [2.45, 2.75) is 0 Å². The van der Waals surface area contributed by atoms with Crippen LogP contribution in [0.15, 0.2) is 42.5 Å². The third-order valence-electron chi connectivity index (χ3n) is 2.60. The zero-order valence-corrected chi connectivity index (χ0v) is 12.8. The molecule has 0 aliphatic rings. The molecule has 2 amide bonds. The highest BCUT2D eigenvalue weighted by Gasteiger charge is 2.09. The van der Waals surface area contributed by atoms with Crippen LogP contribution in [-0.2, 0) is 4.79 Å². The number of rotatable bonds is 5. The normalized spacial score (nSPS) is 10.1. The summed E-state index contributed by atoms with van der Waals surface area (Å²) in [6.45, 7) is -0.235. The smallest absolute Gasteiger partial charge is 0.255 e. The Balaban J connectivity index is 2.11.